The van der Waals surface area contributed by atoms with Gasteiger partial charge < -0.3 is 5.32 Å². The molecule has 0 spiro atoms. The van der Waals surface area contributed by atoms with Gasteiger partial charge in [0, 0.05) is 6.04 Å². The summed E-state index contributed by atoms with van der Waals surface area (Å²) in [4.78, 5) is 38.3. The smallest absolute Gasteiger partial charge is 0.336 e. The van der Waals surface area contributed by atoms with Gasteiger partial charge in [-0.15, -0.1) is 0 Å². The number of amides is 1. The van der Waals surface area contributed by atoms with E-state index in [0.29, 0.717) is 16.6 Å². The van der Waals surface area contributed by atoms with Crippen molar-refractivity contribution >= 4 is 28.4 Å². The van der Waals surface area contributed by atoms with Crippen molar-refractivity contribution in [2.75, 3.05) is 0 Å². The van der Waals surface area contributed by atoms with E-state index in [-0.39, 0.29) is 23.5 Å². The number of hydrogen-bond acceptors (Lipinski definition) is 3. The Morgan fingerprint density at radius 2 is 1.77 bits per heavy atom. The first-order chi connectivity index (χ1) is 12.6. The van der Waals surface area contributed by atoms with E-state index >= 15 is 0 Å². The molecule has 0 atom stereocenters. The van der Waals surface area contributed by atoms with Crippen LogP contribution in [-0.4, -0.2) is 21.1 Å². The summed E-state index contributed by atoms with van der Waals surface area (Å²) in [7, 11) is 0. The highest BCUT2D eigenvalue weighted by Crippen LogP contribution is 2.19. The third-order valence-corrected chi connectivity index (χ3v) is 4.71. The molecule has 7 heteroatoms. The van der Waals surface area contributed by atoms with Gasteiger partial charge in [0.25, 0.3) is 5.56 Å². The van der Waals surface area contributed by atoms with Crippen LogP contribution in [0, 0.1) is 0 Å². The van der Waals surface area contributed by atoms with Crippen LogP contribution in [0.2, 0.25) is 5.02 Å². The van der Waals surface area contributed by atoms with Gasteiger partial charge in [-0.05, 0) is 37.1 Å². The number of nitrogens with one attached hydrogen (secondary N) is 1. The van der Waals surface area contributed by atoms with E-state index in [1.165, 1.54) is 4.57 Å². The largest absolute Gasteiger partial charge is 0.352 e. The molecule has 4 rings (SSSR count). The Morgan fingerprint density at radius 1 is 1.08 bits per heavy atom. The zero-order chi connectivity index (χ0) is 18.3. The molecule has 1 aliphatic rings. The first-order valence-corrected chi connectivity index (χ1v) is 8.73. The minimum Gasteiger partial charge on any atom is -0.352 e. The number of rotatable bonds is 4. The second-order valence-corrected chi connectivity index (χ2v) is 6.73. The Labute approximate surface area is 153 Å². The van der Waals surface area contributed by atoms with Gasteiger partial charge in [0.15, 0.2) is 0 Å². The molecule has 0 bridgehead atoms. The number of carbonyl (C=O) groups is 1. The van der Waals surface area contributed by atoms with E-state index in [0.717, 1.165) is 17.4 Å². The molecule has 26 heavy (non-hydrogen) atoms. The molecular weight excluding hydrogens is 354 g/mol. The topological polar surface area (TPSA) is 73.1 Å². The average molecular weight is 370 g/mol. The maximum absolute atomic E-state index is 13.1. The van der Waals surface area contributed by atoms with E-state index in [1.54, 1.807) is 48.5 Å². The average Bonchev–Trinajstić information content (AvgIpc) is 3.44. The minimum atomic E-state index is -0.590. The van der Waals surface area contributed by atoms with Gasteiger partial charge in [0.2, 0.25) is 5.91 Å². The van der Waals surface area contributed by atoms with Gasteiger partial charge in [-0.1, -0.05) is 35.9 Å². The highest BCUT2D eigenvalue weighted by molar-refractivity contribution is 6.32. The lowest BCUT2D eigenvalue weighted by atomic mass is 10.2. The highest BCUT2D eigenvalue weighted by Gasteiger charge is 2.24. The fraction of sp³-hybridized carbons (Fsp3) is 0.211. The van der Waals surface area contributed by atoms with Crippen molar-refractivity contribution in [2.45, 2.75) is 25.4 Å². The molecule has 0 unspecified atom stereocenters. The lowest BCUT2D eigenvalue weighted by Gasteiger charge is -2.14. The number of halogens is 1. The molecule has 1 heterocycles. The molecule has 0 radical (unpaired) electrons. The standard InChI is InChI=1S/C19H16ClN3O3/c20-14-6-2-4-8-16(14)23-18(25)13-5-1-3-7-15(13)22(19(23)26)11-17(24)21-12-9-10-12/h1-8,12H,9-11H2,(H,21,24). The van der Waals surface area contributed by atoms with Crippen LogP contribution in [0.1, 0.15) is 12.8 Å². The van der Waals surface area contributed by atoms with Crippen LogP contribution in [0.15, 0.2) is 58.1 Å². The Hall–Kier alpha value is -2.86. The summed E-state index contributed by atoms with van der Waals surface area (Å²) in [6.45, 7) is -0.152. The molecule has 2 aromatic carbocycles. The zero-order valence-electron chi connectivity index (χ0n) is 13.8. The number of carbonyl (C=O) groups excluding carboxylic acids is 1. The van der Waals surface area contributed by atoms with Gasteiger partial charge in [-0.2, -0.15) is 0 Å². The maximum atomic E-state index is 13.1. The molecule has 1 saturated carbocycles. The Kier molecular flexibility index (Phi) is 4.12. The number of para-hydroxylation sites is 2. The highest BCUT2D eigenvalue weighted by atomic mass is 35.5. The molecule has 1 aromatic heterocycles. The molecule has 1 fully saturated rings. The Bertz CT molecular complexity index is 1130. The predicted octanol–water partition coefficient (Wildman–Crippen LogP) is 2.08. The number of fused-ring (bicyclic) bond motifs is 1. The van der Waals surface area contributed by atoms with Crippen LogP contribution >= 0.6 is 11.6 Å². The van der Waals surface area contributed by atoms with Crippen molar-refractivity contribution in [3.63, 3.8) is 0 Å². The van der Waals surface area contributed by atoms with Gasteiger partial charge in [-0.3, -0.25) is 14.2 Å². The van der Waals surface area contributed by atoms with Crippen LogP contribution in [0.4, 0.5) is 0 Å². The van der Waals surface area contributed by atoms with Crippen molar-refractivity contribution in [1.29, 1.82) is 0 Å². The van der Waals surface area contributed by atoms with E-state index in [4.69, 9.17) is 11.6 Å². The molecule has 1 amide bonds. The SMILES string of the molecule is O=C(Cn1c(=O)n(-c2ccccc2Cl)c(=O)c2ccccc21)NC1CC1. The molecule has 3 aromatic rings. The molecular formula is C19H16ClN3O3. The van der Waals surface area contributed by atoms with Crippen molar-refractivity contribution in [1.82, 2.24) is 14.5 Å². The second-order valence-electron chi connectivity index (χ2n) is 6.32. The van der Waals surface area contributed by atoms with Crippen LogP contribution in [0.3, 0.4) is 0 Å². The lowest BCUT2D eigenvalue weighted by Crippen LogP contribution is -2.42. The predicted molar refractivity (Wildman–Crippen MR) is 100.0 cm³/mol. The van der Waals surface area contributed by atoms with Gasteiger partial charge in [-0.25, -0.2) is 9.36 Å². The minimum absolute atomic E-state index is 0.152. The van der Waals surface area contributed by atoms with Gasteiger partial charge in [0.1, 0.15) is 6.54 Å². The molecule has 6 nitrogen and oxygen atoms in total. The second kappa shape index (κ2) is 6.46. The summed E-state index contributed by atoms with van der Waals surface area (Å²) in [6.07, 6.45) is 1.92. The normalized spacial score (nSPS) is 13.7. The first kappa shape index (κ1) is 16.6. The van der Waals surface area contributed by atoms with Crippen LogP contribution in [0.5, 0.6) is 0 Å². The number of benzene rings is 2. The summed E-state index contributed by atoms with van der Waals surface area (Å²) >= 11 is 6.20. The first-order valence-electron chi connectivity index (χ1n) is 8.35. The third-order valence-electron chi connectivity index (χ3n) is 4.39. The Morgan fingerprint density at radius 3 is 2.50 bits per heavy atom. The van der Waals surface area contributed by atoms with E-state index < -0.39 is 11.2 Å². The van der Waals surface area contributed by atoms with Gasteiger partial charge in [0.05, 0.1) is 21.6 Å². The summed E-state index contributed by atoms with van der Waals surface area (Å²) < 4.78 is 2.34. The fourth-order valence-corrected chi connectivity index (χ4v) is 3.18. The number of nitrogens with zero attached hydrogens (tertiary/aromatic N) is 2. The molecule has 132 valence electrons. The third kappa shape index (κ3) is 2.93. The molecule has 1 N–H and O–H groups in total. The van der Waals surface area contributed by atoms with Crippen molar-refractivity contribution in [2.24, 2.45) is 0 Å². The quantitative estimate of drug-likeness (QED) is 0.765. The fourth-order valence-electron chi connectivity index (χ4n) is 2.96. The van der Waals surface area contributed by atoms with Crippen LogP contribution in [0.25, 0.3) is 16.6 Å². The monoisotopic (exact) mass is 369 g/mol. The molecule has 0 saturated heterocycles. The Balaban J connectivity index is 1.95. The van der Waals surface area contributed by atoms with Crippen molar-refractivity contribution in [3.8, 4) is 5.69 Å². The van der Waals surface area contributed by atoms with E-state index in [2.05, 4.69) is 5.32 Å². The lowest BCUT2D eigenvalue weighted by molar-refractivity contribution is -0.121. The zero-order valence-corrected chi connectivity index (χ0v) is 14.6. The summed E-state index contributed by atoms with van der Waals surface area (Å²) in [5.74, 6) is -0.246. The van der Waals surface area contributed by atoms with Crippen molar-refractivity contribution < 1.29 is 4.79 Å². The maximum Gasteiger partial charge on any atom is 0.336 e. The van der Waals surface area contributed by atoms with Crippen LogP contribution in [-0.2, 0) is 11.3 Å². The molecule has 1 aliphatic carbocycles. The summed E-state index contributed by atoms with van der Waals surface area (Å²) in [5, 5.41) is 3.51. The van der Waals surface area contributed by atoms with E-state index in [1.807, 2.05) is 0 Å². The summed E-state index contributed by atoms with van der Waals surface area (Å²) in [6, 6.07) is 13.6. The van der Waals surface area contributed by atoms with Gasteiger partial charge >= 0.3 is 5.69 Å². The van der Waals surface area contributed by atoms with Crippen LogP contribution < -0.4 is 16.6 Å². The van der Waals surface area contributed by atoms with Crippen molar-refractivity contribution in [3.05, 3.63) is 74.4 Å². The number of aromatic nitrogens is 2. The van der Waals surface area contributed by atoms with E-state index in [9.17, 15) is 14.4 Å². The number of hydrogen-bond donors (Lipinski definition) is 1. The molecule has 0 aliphatic heterocycles. The summed E-state index contributed by atoms with van der Waals surface area (Å²) in [5.41, 5.74) is -0.326.